The van der Waals surface area contributed by atoms with Gasteiger partial charge in [-0.1, -0.05) is 13.0 Å². The van der Waals surface area contributed by atoms with E-state index in [0.717, 1.165) is 35.6 Å². The van der Waals surface area contributed by atoms with Crippen molar-refractivity contribution in [2.24, 2.45) is 0 Å². The maximum atomic E-state index is 7.52. The lowest BCUT2D eigenvalue weighted by molar-refractivity contribution is 0.199. The zero-order valence-electron chi connectivity index (χ0n) is 17.7. The number of pyridine rings is 1. The minimum Gasteiger partial charge on any atom is -0.392 e. The summed E-state index contributed by atoms with van der Waals surface area (Å²) in [6.07, 6.45) is 1.50. The van der Waals surface area contributed by atoms with Crippen LogP contribution in [-0.2, 0) is 24.1 Å². The van der Waals surface area contributed by atoms with Crippen molar-refractivity contribution in [3.8, 4) is 0 Å². The van der Waals surface area contributed by atoms with E-state index in [-0.39, 0.29) is 5.69 Å². The second-order valence-electron chi connectivity index (χ2n) is 6.93. The van der Waals surface area contributed by atoms with Gasteiger partial charge < -0.3 is 21.1 Å². The van der Waals surface area contributed by atoms with Crippen molar-refractivity contribution in [3.63, 3.8) is 0 Å². The van der Waals surface area contributed by atoms with Gasteiger partial charge in [0.05, 0.1) is 24.6 Å². The third kappa shape index (κ3) is 4.67. The van der Waals surface area contributed by atoms with Crippen molar-refractivity contribution < 1.29 is 4.74 Å². The monoisotopic (exact) mass is 408 g/mol. The molecule has 3 aromatic heterocycles. The number of ether oxygens (including phenoxy) is 1. The van der Waals surface area contributed by atoms with Crippen molar-refractivity contribution in [1.82, 2.24) is 24.9 Å². The Morgan fingerprint density at radius 2 is 2.03 bits per heavy atom. The molecular formula is C21H28N8O. The smallest absolute Gasteiger partial charge is 0.268 e. The Labute approximate surface area is 176 Å². The van der Waals surface area contributed by atoms with Gasteiger partial charge in [-0.3, -0.25) is 4.98 Å². The molecule has 0 radical (unpaired) electrons. The number of rotatable bonds is 10. The van der Waals surface area contributed by atoms with Gasteiger partial charge in [0, 0.05) is 44.4 Å². The number of methoxy groups -OCH3 is 1. The minimum absolute atomic E-state index is 0.289. The fraction of sp³-hybridized carbons (Fsp3) is 0.429. The second-order valence-corrected chi connectivity index (χ2v) is 6.93. The summed E-state index contributed by atoms with van der Waals surface area (Å²) in [4.78, 5) is 12.9. The van der Waals surface area contributed by atoms with Gasteiger partial charge in [0.15, 0.2) is 5.65 Å². The lowest BCUT2D eigenvalue weighted by Gasteiger charge is -2.11. The first-order valence-electron chi connectivity index (χ1n) is 10.0. The lowest BCUT2D eigenvalue weighted by atomic mass is 10.2. The molecule has 0 spiro atoms. The fourth-order valence-corrected chi connectivity index (χ4v) is 3.32. The molecule has 0 aromatic carbocycles. The van der Waals surface area contributed by atoms with E-state index in [9.17, 15) is 0 Å². The molecule has 3 rings (SSSR count). The molecule has 0 unspecified atom stereocenters. The highest BCUT2D eigenvalue weighted by Crippen LogP contribution is 2.32. The van der Waals surface area contributed by atoms with Crippen LogP contribution in [0.2, 0.25) is 0 Å². The molecule has 9 nitrogen and oxygen atoms in total. The topological polar surface area (TPSA) is 107 Å². The van der Waals surface area contributed by atoms with Crippen LogP contribution in [0.25, 0.3) is 10.5 Å². The van der Waals surface area contributed by atoms with Crippen molar-refractivity contribution in [3.05, 3.63) is 52.3 Å². The Balaban J connectivity index is 1.71. The first-order chi connectivity index (χ1) is 14.6. The van der Waals surface area contributed by atoms with E-state index in [1.807, 2.05) is 25.1 Å². The summed E-state index contributed by atoms with van der Waals surface area (Å²) in [6, 6.07) is 6.00. The van der Waals surface area contributed by atoms with Gasteiger partial charge in [0.1, 0.15) is 11.6 Å². The maximum Gasteiger partial charge on any atom is 0.268 e. The van der Waals surface area contributed by atoms with E-state index in [0.29, 0.717) is 43.4 Å². The molecule has 0 aliphatic carbocycles. The third-order valence-electron chi connectivity index (χ3n) is 4.86. The summed E-state index contributed by atoms with van der Waals surface area (Å²) in [5.41, 5.74) is 11.1. The lowest BCUT2D eigenvalue weighted by Crippen LogP contribution is -2.19. The highest BCUT2D eigenvalue weighted by Gasteiger charge is 2.18. The minimum atomic E-state index is 0.289. The van der Waals surface area contributed by atoms with E-state index < -0.39 is 0 Å². The first kappa shape index (κ1) is 21.5. The van der Waals surface area contributed by atoms with Crippen LogP contribution in [0.15, 0.2) is 18.2 Å². The number of aromatic nitrogens is 4. The molecule has 9 heteroatoms. The van der Waals surface area contributed by atoms with Gasteiger partial charge >= 0.3 is 0 Å². The van der Waals surface area contributed by atoms with Crippen LogP contribution in [-0.4, -0.2) is 46.4 Å². The Morgan fingerprint density at radius 1 is 1.23 bits per heavy atom. The molecule has 3 aromatic rings. The van der Waals surface area contributed by atoms with E-state index >= 15 is 0 Å². The molecule has 4 N–H and O–H groups in total. The van der Waals surface area contributed by atoms with Gasteiger partial charge in [-0.2, -0.15) is 5.10 Å². The van der Waals surface area contributed by atoms with Crippen LogP contribution in [0.4, 0.5) is 17.3 Å². The molecule has 30 heavy (non-hydrogen) atoms. The number of hydrogen-bond acceptors (Lipinski definition) is 7. The van der Waals surface area contributed by atoms with Crippen LogP contribution in [0.1, 0.15) is 29.6 Å². The van der Waals surface area contributed by atoms with Crippen LogP contribution in [0, 0.1) is 13.5 Å². The van der Waals surface area contributed by atoms with Crippen molar-refractivity contribution >= 4 is 23.0 Å². The molecule has 0 bridgehead atoms. The van der Waals surface area contributed by atoms with Gasteiger partial charge in [0.25, 0.3) is 5.69 Å². The molecule has 0 amide bonds. The average molecular weight is 409 g/mol. The number of nitrogens with two attached hydrogens (primary N) is 1. The van der Waals surface area contributed by atoms with E-state index in [1.165, 1.54) is 0 Å². The normalized spacial score (nSPS) is 11.0. The fourth-order valence-electron chi connectivity index (χ4n) is 3.32. The molecule has 0 aliphatic heterocycles. The maximum absolute atomic E-state index is 7.52. The predicted octanol–water partition coefficient (Wildman–Crippen LogP) is 2.52. The number of anilines is 2. The Kier molecular flexibility index (Phi) is 7.17. The zero-order chi connectivity index (χ0) is 21.5. The number of aryl methyl sites for hydroxylation is 2. The summed E-state index contributed by atoms with van der Waals surface area (Å²) < 4.78 is 6.60. The van der Waals surface area contributed by atoms with Gasteiger partial charge in [-0.15, -0.1) is 0 Å². The standard InChI is InChI=1S/C21H28N8O/c1-5-17-14(2)28-29-19(22)18(23-3)20(27-21(17)29)25-10-9-15-7-6-8-16(26-15)13-24-11-12-30-4/h6-8,24H,5,9-13,22H2,1-2,4H3,(H,25,27). The van der Waals surface area contributed by atoms with Crippen molar-refractivity contribution in [2.45, 2.75) is 33.2 Å². The third-order valence-corrected chi connectivity index (χ3v) is 4.86. The summed E-state index contributed by atoms with van der Waals surface area (Å²) in [7, 11) is 1.68. The number of hydrogen-bond donors (Lipinski definition) is 3. The molecule has 158 valence electrons. The number of nitrogen functional groups attached to an aromatic ring is 1. The average Bonchev–Trinajstić information content (AvgIpc) is 3.07. The van der Waals surface area contributed by atoms with Gasteiger partial charge in [-0.25, -0.2) is 14.3 Å². The molecular weight excluding hydrogens is 380 g/mol. The largest absolute Gasteiger partial charge is 0.392 e. The molecule has 0 saturated heterocycles. The van der Waals surface area contributed by atoms with Crippen LogP contribution >= 0.6 is 0 Å². The van der Waals surface area contributed by atoms with Crippen LogP contribution in [0.5, 0.6) is 0 Å². The first-order valence-corrected chi connectivity index (χ1v) is 10.0. The molecule has 0 atom stereocenters. The quantitative estimate of drug-likeness (QED) is 0.349. The highest BCUT2D eigenvalue weighted by atomic mass is 16.5. The van der Waals surface area contributed by atoms with E-state index in [2.05, 4.69) is 37.5 Å². The van der Waals surface area contributed by atoms with Crippen molar-refractivity contribution in [2.75, 3.05) is 37.9 Å². The zero-order valence-corrected chi connectivity index (χ0v) is 17.7. The highest BCUT2D eigenvalue weighted by molar-refractivity contribution is 5.80. The molecule has 0 aliphatic rings. The number of nitrogens with zero attached hydrogens (tertiary/aromatic N) is 5. The Morgan fingerprint density at radius 3 is 2.77 bits per heavy atom. The molecule has 3 heterocycles. The molecule has 0 saturated carbocycles. The number of fused-ring (bicyclic) bond motifs is 1. The Bertz CT molecular complexity index is 1050. The van der Waals surface area contributed by atoms with E-state index in [1.54, 1.807) is 11.6 Å². The SMILES string of the molecule is [C-]#[N+]c1c(NCCc2cccc(CNCCOC)n2)nc2c(CC)c(C)nn2c1N. The molecule has 0 fully saturated rings. The second kappa shape index (κ2) is 10.0. The van der Waals surface area contributed by atoms with E-state index in [4.69, 9.17) is 17.0 Å². The van der Waals surface area contributed by atoms with Crippen molar-refractivity contribution in [1.29, 1.82) is 0 Å². The summed E-state index contributed by atoms with van der Waals surface area (Å²) in [5.74, 6) is 0.796. The van der Waals surface area contributed by atoms with Gasteiger partial charge in [-0.05, 0) is 25.5 Å². The summed E-state index contributed by atoms with van der Waals surface area (Å²) in [6.45, 7) is 14.3. The summed E-state index contributed by atoms with van der Waals surface area (Å²) in [5, 5.41) is 11.0. The van der Waals surface area contributed by atoms with Crippen LogP contribution < -0.4 is 16.4 Å². The predicted molar refractivity (Wildman–Crippen MR) is 118 cm³/mol. The Hall–Kier alpha value is -3.22. The van der Waals surface area contributed by atoms with Gasteiger partial charge in [0.2, 0.25) is 0 Å². The van der Waals surface area contributed by atoms with Crippen LogP contribution in [0.3, 0.4) is 0 Å². The number of nitrogens with one attached hydrogen (secondary N) is 2. The summed E-state index contributed by atoms with van der Waals surface area (Å²) >= 11 is 0.